The van der Waals surface area contributed by atoms with Gasteiger partial charge in [-0.2, -0.15) is 0 Å². The predicted molar refractivity (Wildman–Crippen MR) is 119 cm³/mol. The highest BCUT2D eigenvalue weighted by Crippen LogP contribution is 2.27. The Bertz CT molecular complexity index is 877. The monoisotopic (exact) mass is 430 g/mol. The number of ether oxygens (including phenoxy) is 2. The predicted octanol–water partition coefficient (Wildman–Crippen LogP) is 3.82. The number of methoxy groups -OCH3 is 2. The molecule has 0 unspecified atom stereocenters. The van der Waals surface area contributed by atoms with Gasteiger partial charge in [0.1, 0.15) is 11.5 Å². The summed E-state index contributed by atoms with van der Waals surface area (Å²) in [6, 6.07) is 9.50. The van der Waals surface area contributed by atoms with Crippen molar-refractivity contribution >= 4 is 11.8 Å². The lowest BCUT2D eigenvalue weighted by atomic mass is 10.1. The molecular weight excluding hydrogens is 396 g/mol. The number of benzene rings is 1. The van der Waals surface area contributed by atoms with Crippen LogP contribution >= 0.6 is 0 Å². The maximum atomic E-state index is 13.2. The number of nitrogens with zero attached hydrogens (tertiary/aromatic N) is 2. The first-order valence-corrected chi connectivity index (χ1v) is 10.6. The van der Waals surface area contributed by atoms with Crippen LogP contribution in [0.4, 0.5) is 0 Å². The Balaban J connectivity index is 2.18. The fourth-order valence-corrected chi connectivity index (χ4v) is 3.39. The molecule has 1 aromatic heterocycles. The van der Waals surface area contributed by atoms with Crippen LogP contribution in [-0.2, 0) is 22.6 Å². The highest BCUT2D eigenvalue weighted by molar-refractivity contribution is 5.84. The van der Waals surface area contributed by atoms with E-state index in [-0.39, 0.29) is 24.4 Å². The molecule has 1 aromatic carbocycles. The van der Waals surface area contributed by atoms with Crippen molar-refractivity contribution in [1.82, 2.24) is 9.80 Å². The van der Waals surface area contributed by atoms with Gasteiger partial charge in [0, 0.05) is 19.5 Å². The molecule has 0 aliphatic rings. The standard InChI is InChI=1S/C24H34N2O5/c1-7-17(2)26(19(4)27)16-24(28)25(15-21-10-8-18(3)31-21)13-12-20-9-11-22(29-5)23(14-20)30-6/h8-11,14,17H,7,12-13,15-16H2,1-6H3/t17-/m1/s1. The fourth-order valence-electron chi connectivity index (χ4n) is 3.39. The summed E-state index contributed by atoms with van der Waals surface area (Å²) in [6.07, 6.45) is 1.42. The van der Waals surface area contributed by atoms with E-state index in [0.29, 0.717) is 31.0 Å². The van der Waals surface area contributed by atoms with Crippen LogP contribution in [0.15, 0.2) is 34.7 Å². The van der Waals surface area contributed by atoms with Crippen molar-refractivity contribution in [2.24, 2.45) is 0 Å². The number of aryl methyl sites for hydroxylation is 1. The first-order valence-electron chi connectivity index (χ1n) is 10.6. The molecule has 0 bridgehead atoms. The molecule has 0 aliphatic carbocycles. The highest BCUT2D eigenvalue weighted by atomic mass is 16.5. The van der Waals surface area contributed by atoms with E-state index in [9.17, 15) is 9.59 Å². The zero-order valence-electron chi connectivity index (χ0n) is 19.4. The lowest BCUT2D eigenvalue weighted by Gasteiger charge is -2.30. The number of hydrogen-bond donors (Lipinski definition) is 0. The quantitative estimate of drug-likeness (QED) is 0.542. The molecule has 0 saturated heterocycles. The van der Waals surface area contributed by atoms with Gasteiger partial charge in [-0.05, 0) is 56.5 Å². The van der Waals surface area contributed by atoms with Gasteiger partial charge in [0.25, 0.3) is 0 Å². The maximum absolute atomic E-state index is 13.2. The van der Waals surface area contributed by atoms with E-state index in [1.807, 2.05) is 51.1 Å². The molecule has 0 spiro atoms. The Morgan fingerprint density at radius 2 is 1.81 bits per heavy atom. The van der Waals surface area contributed by atoms with Crippen molar-refractivity contribution in [2.45, 2.75) is 53.1 Å². The second-order valence-electron chi connectivity index (χ2n) is 7.67. The van der Waals surface area contributed by atoms with E-state index in [1.165, 1.54) is 6.92 Å². The molecule has 31 heavy (non-hydrogen) atoms. The van der Waals surface area contributed by atoms with E-state index in [0.717, 1.165) is 23.5 Å². The smallest absolute Gasteiger partial charge is 0.242 e. The number of carbonyl (C=O) groups excluding carboxylic acids is 2. The number of amides is 2. The van der Waals surface area contributed by atoms with Gasteiger partial charge in [-0.3, -0.25) is 9.59 Å². The van der Waals surface area contributed by atoms with E-state index in [1.54, 1.807) is 24.0 Å². The minimum Gasteiger partial charge on any atom is -0.493 e. The van der Waals surface area contributed by atoms with Crippen LogP contribution in [0.1, 0.15) is 44.3 Å². The Hall–Kier alpha value is -2.96. The molecule has 0 radical (unpaired) electrons. The SMILES string of the molecule is CC[C@@H](C)N(CC(=O)N(CCc1ccc(OC)c(OC)c1)Cc1ccc(C)o1)C(C)=O. The number of rotatable bonds is 11. The van der Waals surface area contributed by atoms with Gasteiger partial charge in [-0.1, -0.05) is 13.0 Å². The first-order chi connectivity index (χ1) is 14.8. The minimum absolute atomic E-state index is 0.00000609. The summed E-state index contributed by atoms with van der Waals surface area (Å²) >= 11 is 0. The van der Waals surface area contributed by atoms with Crippen molar-refractivity contribution in [3.8, 4) is 11.5 Å². The summed E-state index contributed by atoms with van der Waals surface area (Å²) in [6.45, 7) is 8.23. The average molecular weight is 431 g/mol. The van der Waals surface area contributed by atoms with Gasteiger partial charge in [0.15, 0.2) is 11.5 Å². The summed E-state index contributed by atoms with van der Waals surface area (Å²) in [5.74, 6) is 2.62. The molecule has 0 saturated carbocycles. The number of furan rings is 1. The van der Waals surface area contributed by atoms with Crippen LogP contribution in [0.2, 0.25) is 0 Å². The van der Waals surface area contributed by atoms with Gasteiger partial charge in [0.2, 0.25) is 11.8 Å². The molecule has 2 amide bonds. The van der Waals surface area contributed by atoms with Crippen LogP contribution in [-0.4, -0.2) is 55.0 Å². The van der Waals surface area contributed by atoms with Crippen LogP contribution in [0, 0.1) is 6.92 Å². The van der Waals surface area contributed by atoms with Gasteiger partial charge in [-0.25, -0.2) is 0 Å². The maximum Gasteiger partial charge on any atom is 0.242 e. The van der Waals surface area contributed by atoms with Gasteiger partial charge >= 0.3 is 0 Å². The second kappa shape index (κ2) is 11.4. The summed E-state index contributed by atoms with van der Waals surface area (Å²) in [7, 11) is 3.20. The van der Waals surface area contributed by atoms with Gasteiger partial charge in [0.05, 0.1) is 27.3 Å². The number of hydrogen-bond acceptors (Lipinski definition) is 5. The number of carbonyl (C=O) groups is 2. The zero-order chi connectivity index (χ0) is 23.0. The minimum atomic E-state index is -0.106. The lowest BCUT2D eigenvalue weighted by molar-refractivity contribution is -0.141. The summed E-state index contributed by atoms with van der Waals surface area (Å²) in [4.78, 5) is 28.6. The third-order valence-corrected chi connectivity index (χ3v) is 5.45. The van der Waals surface area contributed by atoms with Crippen LogP contribution in [0.3, 0.4) is 0 Å². The normalized spacial score (nSPS) is 11.7. The van der Waals surface area contributed by atoms with Gasteiger partial charge < -0.3 is 23.7 Å². The van der Waals surface area contributed by atoms with E-state index in [4.69, 9.17) is 13.9 Å². The van der Waals surface area contributed by atoms with Crippen molar-refractivity contribution < 1.29 is 23.5 Å². The van der Waals surface area contributed by atoms with Crippen LogP contribution in [0.25, 0.3) is 0 Å². The van der Waals surface area contributed by atoms with Crippen molar-refractivity contribution in [1.29, 1.82) is 0 Å². The van der Waals surface area contributed by atoms with E-state index in [2.05, 4.69) is 0 Å². The average Bonchev–Trinajstić information content (AvgIpc) is 3.18. The lowest BCUT2D eigenvalue weighted by Crippen LogP contribution is -2.46. The van der Waals surface area contributed by atoms with Crippen LogP contribution < -0.4 is 9.47 Å². The molecule has 2 aromatic rings. The Labute approximate surface area is 184 Å². The molecule has 1 heterocycles. The molecule has 0 N–H and O–H groups in total. The van der Waals surface area contributed by atoms with Crippen molar-refractivity contribution in [2.75, 3.05) is 27.3 Å². The largest absolute Gasteiger partial charge is 0.493 e. The topological polar surface area (TPSA) is 72.2 Å². The Kier molecular flexibility index (Phi) is 8.97. The second-order valence-corrected chi connectivity index (χ2v) is 7.67. The van der Waals surface area contributed by atoms with Crippen molar-refractivity contribution in [3.63, 3.8) is 0 Å². The summed E-state index contributed by atoms with van der Waals surface area (Å²) < 4.78 is 16.4. The molecule has 0 fully saturated rings. The Morgan fingerprint density at radius 1 is 1.10 bits per heavy atom. The molecular formula is C24H34N2O5. The third kappa shape index (κ3) is 6.77. The van der Waals surface area contributed by atoms with Crippen molar-refractivity contribution in [3.05, 3.63) is 47.4 Å². The Morgan fingerprint density at radius 3 is 2.35 bits per heavy atom. The van der Waals surface area contributed by atoms with Crippen LogP contribution in [0.5, 0.6) is 11.5 Å². The molecule has 1 atom stereocenters. The molecule has 0 aliphatic heterocycles. The molecule has 2 rings (SSSR count). The van der Waals surface area contributed by atoms with E-state index >= 15 is 0 Å². The highest BCUT2D eigenvalue weighted by Gasteiger charge is 2.23. The summed E-state index contributed by atoms with van der Waals surface area (Å²) in [5.41, 5.74) is 1.02. The molecule has 7 heteroatoms. The zero-order valence-corrected chi connectivity index (χ0v) is 19.4. The molecule has 170 valence electrons. The van der Waals surface area contributed by atoms with E-state index < -0.39 is 0 Å². The third-order valence-electron chi connectivity index (χ3n) is 5.45. The molecule has 7 nitrogen and oxygen atoms in total. The fraction of sp³-hybridized carbons (Fsp3) is 0.500. The first kappa shape index (κ1) is 24.3. The van der Waals surface area contributed by atoms with Gasteiger partial charge in [-0.15, -0.1) is 0 Å². The summed E-state index contributed by atoms with van der Waals surface area (Å²) in [5, 5.41) is 0.